The molecule has 1 aliphatic heterocycles. The number of nitrogen functional groups attached to an aromatic ring is 1. The van der Waals surface area contributed by atoms with Gasteiger partial charge in [-0.25, -0.2) is 4.98 Å². The number of hydrogen-bond donors (Lipinski definition) is 1. The summed E-state index contributed by atoms with van der Waals surface area (Å²) in [5.41, 5.74) is 6.51. The van der Waals surface area contributed by atoms with E-state index in [1.165, 1.54) is 6.20 Å². The lowest BCUT2D eigenvalue weighted by Crippen LogP contribution is -2.51. The molecule has 6 nitrogen and oxygen atoms in total. The maximum Gasteiger partial charge on any atom is 0.419 e. The second kappa shape index (κ2) is 7.48. The van der Waals surface area contributed by atoms with Gasteiger partial charge in [-0.2, -0.15) is 23.5 Å². The molecule has 2 aliphatic carbocycles. The Bertz CT molecular complexity index is 1050. The highest BCUT2D eigenvalue weighted by atomic mass is 19.4. The first-order valence-corrected chi connectivity index (χ1v) is 11.3. The summed E-state index contributed by atoms with van der Waals surface area (Å²) in [7, 11) is 0. The standard InChI is InChI=1S/C23H27F3N6/c1-3-12(2)32-20(21-16-5-15(6-17(16)21)31-10-13(8-27)11-31)7-19(30-32)14-4-18(23(24,25)26)22(28)29-9-14/h4,7,9,12-13,15-17,21H,3,5-6,10-11H2,1-2H3,(H2,28,29). The Kier molecular flexibility index (Phi) is 4.97. The van der Waals surface area contributed by atoms with Crippen LogP contribution in [0.1, 0.15) is 56.3 Å². The summed E-state index contributed by atoms with van der Waals surface area (Å²) in [6, 6.07) is 6.05. The molecule has 2 N–H and O–H groups in total. The number of aromatic nitrogens is 3. The third kappa shape index (κ3) is 3.45. The second-order valence-electron chi connectivity index (χ2n) is 9.57. The molecule has 2 saturated carbocycles. The molecule has 3 fully saturated rings. The van der Waals surface area contributed by atoms with Crippen LogP contribution < -0.4 is 5.73 Å². The van der Waals surface area contributed by atoms with E-state index in [1.54, 1.807) is 0 Å². The van der Waals surface area contributed by atoms with Gasteiger partial charge in [-0.1, -0.05) is 6.92 Å². The molecule has 0 amide bonds. The van der Waals surface area contributed by atoms with Gasteiger partial charge in [0.25, 0.3) is 0 Å². The van der Waals surface area contributed by atoms with Crippen LogP contribution in [0.3, 0.4) is 0 Å². The van der Waals surface area contributed by atoms with Crippen molar-refractivity contribution in [1.29, 1.82) is 5.26 Å². The van der Waals surface area contributed by atoms with E-state index in [0.717, 1.165) is 44.1 Å². The van der Waals surface area contributed by atoms with E-state index in [1.807, 2.05) is 10.7 Å². The Balaban J connectivity index is 1.39. The second-order valence-corrected chi connectivity index (χ2v) is 9.57. The first-order valence-electron chi connectivity index (χ1n) is 11.3. The molecule has 1 saturated heterocycles. The number of halogens is 3. The van der Waals surface area contributed by atoms with Crippen LogP contribution in [-0.4, -0.2) is 38.8 Å². The zero-order chi connectivity index (χ0) is 22.8. The number of likely N-dealkylation sites (tertiary alicyclic amines) is 1. The number of nitrogens with two attached hydrogens (primary N) is 1. The van der Waals surface area contributed by atoms with Gasteiger partial charge in [0, 0.05) is 48.5 Å². The fraction of sp³-hybridized carbons (Fsp3) is 0.609. The molecule has 32 heavy (non-hydrogen) atoms. The molecule has 170 valence electrons. The lowest BCUT2D eigenvalue weighted by molar-refractivity contribution is -0.137. The summed E-state index contributed by atoms with van der Waals surface area (Å²) in [6.45, 7) is 5.94. The normalized spacial score (nSPS) is 28.8. The molecule has 3 aliphatic rings. The molecule has 0 bridgehead atoms. The minimum absolute atomic E-state index is 0.159. The summed E-state index contributed by atoms with van der Waals surface area (Å²) in [4.78, 5) is 6.21. The van der Waals surface area contributed by atoms with Gasteiger partial charge in [-0.05, 0) is 50.2 Å². The highest BCUT2D eigenvalue weighted by molar-refractivity contribution is 5.63. The van der Waals surface area contributed by atoms with Crippen LogP contribution in [-0.2, 0) is 6.18 Å². The minimum Gasteiger partial charge on any atom is -0.383 e. The molecule has 3 heterocycles. The van der Waals surface area contributed by atoms with Crippen molar-refractivity contribution in [3.05, 3.63) is 29.6 Å². The van der Waals surface area contributed by atoms with Crippen molar-refractivity contribution >= 4 is 5.82 Å². The molecule has 5 rings (SSSR count). The Hall–Kier alpha value is -2.60. The molecule has 2 aromatic rings. The van der Waals surface area contributed by atoms with E-state index in [4.69, 9.17) is 16.1 Å². The summed E-state index contributed by atoms with van der Waals surface area (Å²) >= 11 is 0. The number of nitriles is 1. The third-order valence-corrected chi connectivity index (χ3v) is 7.66. The van der Waals surface area contributed by atoms with Gasteiger partial charge >= 0.3 is 6.18 Å². The molecular weight excluding hydrogens is 417 g/mol. The molecule has 0 aromatic carbocycles. The predicted molar refractivity (Wildman–Crippen MR) is 113 cm³/mol. The van der Waals surface area contributed by atoms with E-state index in [-0.39, 0.29) is 12.0 Å². The van der Waals surface area contributed by atoms with Gasteiger partial charge in [0.1, 0.15) is 5.82 Å². The summed E-state index contributed by atoms with van der Waals surface area (Å²) in [5.74, 6) is 1.23. The lowest BCUT2D eigenvalue weighted by Gasteiger charge is -2.40. The maximum atomic E-state index is 13.3. The number of rotatable bonds is 5. The Labute approximate surface area is 185 Å². The number of fused-ring (bicyclic) bond motifs is 1. The minimum atomic E-state index is -4.56. The van der Waals surface area contributed by atoms with E-state index < -0.39 is 17.6 Å². The van der Waals surface area contributed by atoms with Crippen LogP contribution in [0.5, 0.6) is 0 Å². The Morgan fingerprint density at radius 1 is 1.25 bits per heavy atom. The van der Waals surface area contributed by atoms with Gasteiger partial charge in [-0.15, -0.1) is 0 Å². The first kappa shape index (κ1) is 21.3. The van der Waals surface area contributed by atoms with Crippen molar-refractivity contribution in [2.45, 2.75) is 57.3 Å². The lowest BCUT2D eigenvalue weighted by atomic mass is 9.95. The molecule has 2 aromatic heterocycles. The van der Waals surface area contributed by atoms with Gasteiger partial charge < -0.3 is 5.73 Å². The van der Waals surface area contributed by atoms with Crippen molar-refractivity contribution in [2.24, 2.45) is 17.8 Å². The largest absolute Gasteiger partial charge is 0.419 e. The van der Waals surface area contributed by atoms with Gasteiger partial charge in [0.15, 0.2) is 0 Å². The predicted octanol–water partition coefficient (Wildman–Crippen LogP) is 4.46. The summed E-state index contributed by atoms with van der Waals surface area (Å²) in [6.07, 6.45) is -0.0573. The SMILES string of the molecule is CCC(C)n1nc(-c2cnc(N)c(C(F)(F)F)c2)cc1C1C2CC(N3CC(C#N)C3)CC21. The summed E-state index contributed by atoms with van der Waals surface area (Å²) < 4.78 is 42.0. The Morgan fingerprint density at radius 2 is 1.94 bits per heavy atom. The molecule has 0 radical (unpaired) electrons. The van der Waals surface area contributed by atoms with Crippen molar-refractivity contribution in [2.75, 3.05) is 18.8 Å². The number of alkyl halides is 3. The van der Waals surface area contributed by atoms with E-state index in [0.29, 0.717) is 35.1 Å². The molecular formula is C23H27F3N6. The van der Waals surface area contributed by atoms with Crippen LogP contribution in [0, 0.1) is 29.1 Å². The molecule has 3 unspecified atom stereocenters. The van der Waals surface area contributed by atoms with E-state index in [9.17, 15) is 13.2 Å². The Morgan fingerprint density at radius 3 is 2.53 bits per heavy atom. The highest BCUT2D eigenvalue weighted by Crippen LogP contribution is 2.64. The third-order valence-electron chi connectivity index (χ3n) is 7.66. The molecule has 3 atom stereocenters. The monoisotopic (exact) mass is 444 g/mol. The highest BCUT2D eigenvalue weighted by Gasteiger charge is 2.59. The van der Waals surface area contributed by atoms with E-state index >= 15 is 0 Å². The molecule has 9 heteroatoms. The van der Waals surface area contributed by atoms with Crippen LogP contribution in [0.2, 0.25) is 0 Å². The van der Waals surface area contributed by atoms with Crippen LogP contribution in [0.15, 0.2) is 18.3 Å². The van der Waals surface area contributed by atoms with Crippen LogP contribution >= 0.6 is 0 Å². The van der Waals surface area contributed by atoms with Gasteiger partial charge in [-0.3, -0.25) is 9.58 Å². The van der Waals surface area contributed by atoms with Gasteiger partial charge in [0.2, 0.25) is 0 Å². The average Bonchev–Trinajstić information content (AvgIpc) is 3.06. The zero-order valence-corrected chi connectivity index (χ0v) is 18.2. The number of pyridine rings is 1. The van der Waals surface area contributed by atoms with Crippen molar-refractivity contribution in [1.82, 2.24) is 19.7 Å². The first-order chi connectivity index (χ1) is 15.2. The number of hydrogen-bond acceptors (Lipinski definition) is 5. The fourth-order valence-electron chi connectivity index (χ4n) is 5.61. The van der Waals surface area contributed by atoms with Crippen LogP contribution in [0.25, 0.3) is 11.3 Å². The summed E-state index contributed by atoms with van der Waals surface area (Å²) in [5, 5.41) is 13.7. The maximum absolute atomic E-state index is 13.3. The van der Waals surface area contributed by atoms with Crippen molar-refractivity contribution in [3.63, 3.8) is 0 Å². The number of anilines is 1. The van der Waals surface area contributed by atoms with Crippen LogP contribution in [0.4, 0.5) is 19.0 Å². The molecule has 0 spiro atoms. The number of nitrogens with zero attached hydrogens (tertiary/aromatic N) is 5. The van der Waals surface area contributed by atoms with Crippen molar-refractivity contribution in [3.8, 4) is 17.3 Å². The topological polar surface area (TPSA) is 83.8 Å². The quantitative estimate of drug-likeness (QED) is 0.736. The van der Waals surface area contributed by atoms with Crippen molar-refractivity contribution < 1.29 is 13.2 Å². The van der Waals surface area contributed by atoms with E-state index in [2.05, 4.69) is 29.8 Å². The fourth-order valence-corrected chi connectivity index (χ4v) is 5.61. The average molecular weight is 445 g/mol. The smallest absolute Gasteiger partial charge is 0.383 e. The zero-order valence-electron chi connectivity index (χ0n) is 18.2. The van der Waals surface area contributed by atoms with Gasteiger partial charge in [0.05, 0.1) is 23.2 Å².